The average Bonchev–Trinajstić information content (AvgIpc) is 3.32. The van der Waals surface area contributed by atoms with Gasteiger partial charge in [0.2, 0.25) is 11.9 Å². The number of nitrogens with one attached hydrogen (secondary N) is 3. The van der Waals surface area contributed by atoms with Gasteiger partial charge in [-0.25, -0.2) is 9.97 Å². The Morgan fingerprint density at radius 1 is 1.17 bits per heavy atom. The van der Waals surface area contributed by atoms with Gasteiger partial charge in [-0.3, -0.25) is 9.59 Å². The van der Waals surface area contributed by atoms with Crippen molar-refractivity contribution in [2.24, 2.45) is 0 Å². The van der Waals surface area contributed by atoms with E-state index in [4.69, 9.17) is 9.72 Å². The van der Waals surface area contributed by atoms with Gasteiger partial charge in [0.1, 0.15) is 11.4 Å². The summed E-state index contributed by atoms with van der Waals surface area (Å²) in [4.78, 5) is 38.7. The summed E-state index contributed by atoms with van der Waals surface area (Å²) in [6, 6.07) is 13.4. The van der Waals surface area contributed by atoms with Gasteiger partial charge in [0.05, 0.1) is 29.9 Å². The molecule has 0 fully saturated rings. The molecule has 0 spiro atoms. The summed E-state index contributed by atoms with van der Waals surface area (Å²) in [6.07, 6.45) is 2.88. The number of carbonyl (C=O) groups excluding carboxylic acids is 2. The van der Waals surface area contributed by atoms with Crippen molar-refractivity contribution in [3.63, 3.8) is 0 Å². The van der Waals surface area contributed by atoms with E-state index in [-0.39, 0.29) is 11.8 Å². The molecule has 0 saturated heterocycles. The number of nitrogens with zero attached hydrogens (tertiary/aromatic N) is 5. The number of hydrogen-bond acceptors (Lipinski definition) is 8. The predicted octanol–water partition coefficient (Wildman–Crippen LogP) is 3.72. The standard InChI is InChI=1S/C30H34N8O3/c1-6-26(39)33-21-17-22(25(41-5)18-24(21)37(4)16-15-36(2)3)35-30-32-12-11-20(34-30)27-19-9-7-8-10-23(19)38-14-13-31-29(40)28(27)38/h6-12,17-18H,1,13-16H2,2-5H3,(H,31,40)(H,33,39)(H,32,34,35). The van der Waals surface area contributed by atoms with E-state index in [1.807, 2.05) is 56.0 Å². The molecule has 11 heteroatoms. The first kappa shape index (κ1) is 27.7. The Hall–Kier alpha value is -4.90. The Morgan fingerprint density at radius 2 is 1.98 bits per heavy atom. The van der Waals surface area contributed by atoms with E-state index < -0.39 is 0 Å². The second-order valence-electron chi connectivity index (χ2n) is 10.0. The fourth-order valence-corrected chi connectivity index (χ4v) is 4.98. The first-order valence-electron chi connectivity index (χ1n) is 13.3. The third kappa shape index (κ3) is 5.57. The fraction of sp³-hybridized carbons (Fsp3) is 0.267. The van der Waals surface area contributed by atoms with Gasteiger partial charge in [0, 0.05) is 62.0 Å². The van der Waals surface area contributed by atoms with E-state index in [1.54, 1.807) is 25.4 Å². The van der Waals surface area contributed by atoms with Crippen LogP contribution >= 0.6 is 0 Å². The Balaban J connectivity index is 1.55. The molecule has 0 bridgehead atoms. The van der Waals surface area contributed by atoms with Crippen molar-refractivity contribution >= 4 is 45.7 Å². The Bertz CT molecular complexity index is 1630. The highest BCUT2D eigenvalue weighted by molar-refractivity contribution is 6.10. The van der Waals surface area contributed by atoms with Crippen molar-refractivity contribution in [3.8, 4) is 17.0 Å². The second-order valence-corrected chi connectivity index (χ2v) is 10.0. The van der Waals surface area contributed by atoms with Gasteiger partial charge in [0.25, 0.3) is 5.91 Å². The average molecular weight is 555 g/mol. The van der Waals surface area contributed by atoms with Gasteiger partial charge >= 0.3 is 0 Å². The van der Waals surface area contributed by atoms with Crippen molar-refractivity contribution in [1.82, 2.24) is 24.8 Å². The van der Waals surface area contributed by atoms with Crippen LogP contribution < -0.4 is 25.6 Å². The van der Waals surface area contributed by atoms with Crippen LogP contribution in [0.4, 0.5) is 23.0 Å². The number of carbonyl (C=O) groups is 2. The SMILES string of the molecule is C=CC(=O)Nc1cc(Nc2nccc(-c3c4n(c5ccccc35)CCNC4=O)n2)c(OC)cc1N(C)CCN(C)C. The van der Waals surface area contributed by atoms with E-state index in [1.165, 1.54) is 6.08 Å². The molecule has 5 rings (SSSR count). The molecule has 0 saturated carbocycles. The molecule has 11 nitrogen and oxygen atoms in total. The Kier molecular flexibility index (Phi) is 7.88. The van der Waals surface area contributed by atoms with Gasteiger partial charge < -0.3 is 35.1 Å². The van der Waals surface area contributed by atoms with Crippen LogP contribution in [0.15, 0.2) is 61.3 Å². The smallest absolute Gasteiger partial charge is 0.268 e. The van der Waals surface area contributed by atoms with E-state index in [0.29, 0.717) is 47.5 Å². The van der Waals surface area contributed by atoms with Crippen molar-refractivity contribution in [3.05, 3.63) is 67.0 Å². The molecule has 0 radical (unpaired) electrons. The van der Waals surface area contributed by atoms with Gasteiger partial charge in [-0.2, -0.15) is 0 Å². The number of benzene rings is 2. The molecule has 2 aromatic heterocycles. The van der Waals surface area contributed by atoms with Crippen LogP contribution in [-0.4, -0.2) is 79.1 Å². The number of hydrogen-bond donors (Lipinski definition) is 3. The molecule has 0 aliphatic carbocycles. The molecule has 3 N–H and O–H groups in total. The first-order valence-corrected chi connectivity index (χ1v) is 13.3. The molecular weight excluding hydrogens is 520 g/mol. The topological polar surface area (TPSA) is 117 Å². The number of para-hydroxylation sites is 1. The number of likely N-dealkylation sites (N-methyl/N-ethyl adjacent to an activating group) is 2. The molecule has 2 aromatic carbocycles. The van der Waals surface area contributed by atoms with Crippen LogP contribution in [0.25, 0.3) is 22.2 Å². The zero-order chi connectivity index (χ0) is 29.1. The predicted molar refractivity (Wildman–Crippen MR) is 162 cm³/mol. The number of methoxy groups -OCH3 is 1. The summed E-state index contributed by atoms with van der Waals surface area (Å²) in [5, 5.41) is 10.1. The van der Waals surface area contributed by atoms with Gasteiger partial charge in [-0.05, 0) is 38.4 Å². The third-order valence-corrected chi connectivity index (χ3v) is 7.02. The highest BCUT2D eigenvalue weighted by Gasteiger charge is 2.27. The van der Waals surface area contributed by atoms with Crippen molar-refractivity contribution < 1.29 is 14.3 Å². The minimum atomic E-state index is -0.328. The number of amides is 2. The lowest BCUT2D eigenvalue weighted by Gasteiger charge is -2.26. The quantitative estimate of drug-likeness (QED) is 0.254. The minimum absolute atomic E-state index is 0.131. The lowest BCUT2D eigenvalue weighted by molar-refractivity contribution is -0.111. The number of anilines is 4. The molecule has 1 aliphatic heterocycles. The molecule has 2 amide bonds. The van der Waals surface area contributed by atoms with Crippen LogP contribution in [0.5, 0.6) is 5.75 Å². The van der Waals surface area contributed by atoms with Crippen molar-refractivity contribution in [2.45, 2.75) is 6.54 Å². The summed E-state index contributed by atoms with van der Waals surface area (Å²) in [5.74, 6) is 0.406. The molecule has 0 atom stereocenters. The minimum Gasteiger partial charge on any atom is -0.494 e. The highest BCUT2D eigenvalue weighted by atomic mass is 16.5. The monoisotopic (exact) mass is 554 g/mol. The van der Waals surface area contributed by atoms with Crippen LogP contribution in [0.3, 0.4) is 0 Å². The molecule has 41 heavy (non-hydrogen) atoms. The second kappa shape index (κ2) is 11.7. The molecule has 0 unspecified atom stereocenters. The van der Waals surface area contributed by atoms with Crippen molar-refractivity contribution in [2.75, 3.05) is 63.4 Å². The summed E-state index contributed by atoms with van der Waals surface area (Å²) in [5.41, 5.74) is 4.88. The van der Waals surface area contributed by atoms with Crippen LogP contribution in [0, 0.1) is 0 Å². The van der Waals surface area contributed by atoms with E-state index in [2.05, 4.69) is 37.3 Å². The van der Waals surface area contributed by atoms with Crippen molar-refractivity contribution in [1.29, 1.82) is 0 Å². The zero-order valence-corrected chi connectivity index (χ0v) is 23.7. The highest BCUT2D eigenvalue weighted by Crippen LogP contribution is 2.39. The van der Waals surface area contributed by atoms with Crippen LogP contribution in [0.2, 0.25) is 0 Å². The maximum atomic E-state index is 13.0. The molecule has 3 heterocycles. The Labute approximate surface area is 238 Å². The summed E-state index contributed by atoms with van der Waals surface area (Å²) in [7, 11) is 7.56. The van der Waals surface area contributed by atoms with Gasteiger partial charge in [0.15, 0.2) is 0 Å². The summed E-state index contributed by atoms with van der Waals surface area (Å²) >= 11 is 0. The summed E-state index contributed by atoms with van der Waals surface area (Å²) in [6.45, 7) is 6.40. The fourth-order valence-electron chi connectivity index (χ4n) is 4.98. The zero-order valence-electron chi connectivity index (χ0n) is 23.7. The Morgan fingerprint density at radius 3 is 2.73 bits per heavy atom. The first-order chi connectivity index (χ1) is 19.8. The lowest BCUT2D eigenvalue weighted by Crippen LogP contribution is -2.35. The molecular formula is C30H34N8O3. The number of fused-ring (bicyclic) bond motifs is 3. The number of ether oxygens (including phenoxy) is 1. The van der Waals surface area contributed by atoms with Crippen LogP contribution in [0.1, 0.15) is 10.5 Å². The number of rotatable bonds is 10. The van der Waals surface area contributed by atoms with E-state index in [0.717, 1.165) is 35.2 Å². The number of aromatic nitrogens is 3. The van der Waals surface area contributed by atoms with Gasteiger partial charge in [-0.15, -0.1) is 0 Å². The third-order valence-electron chi connectivity index (χ3n) is 7.02. The molecule has 212 valence electrons. The largest absolute Gasteiger partial charge is 0.494 e. The normalized spacial score (nSPS) is 12.6. The van der Waals surface area contributed by atoms with Gasteiger partial charge in [-0.1, -0.05) is 24.8 Å². The maximum absolute atomic E-state index is 13.0. The summed E-state index contributed by atoms with van der Waals surface area (Å²) < 4.78 is 7.77. The molecule has 4 aromatic rings. The lowest BCUT2D eigenvalue weighted by atomic mass is 10.1. The maximum Gasteiger partial charge on any atom is 0.268 e. The van der Waals surface area contributed by atoms with Crippen LogP contribution in [-0.2, 0) is 11.3 Å². The van der Waals surface area contributed by atoms with E-state index in [9.17, 15) is 9.59 Å². The molecule has 1 aliphatic rings. The van der Waals surface area contributed by atoms with E-state index >= 15 is 0 Å².